The summed E-state index contributed by atoms with van der Waals surface area (Å²) in [4.78, 5) is 22.8. The van der Waals surface area contributed by atoms with Crippen molar-refractivity contribution < 1.29 is 14.7 Å². The molecule has 0 radical (unpaired) electrons. The molecule has 0 aliphatic carbocycles. The predicted molar refractivity (Wildman–Crippen MR) is 69.7 cm³/mol. The average molecular weight is 249 g/mol. The number of carbonyl (C=O) groups excluding carboxylic acids is 1. The van der Waals surface area contributed by atoms with Gasteiger partial charge in [0, 0.05) is 11.1 Å². The number of carbonyl (C=O) groups is 2. The molecule has 0 atom stereocenters. The van der Waals surface area contributed by atoms with E-state index in [1.165, 1.54) is 0 Å². The Morgan fingerprint density at radius 2 is 1.89 bits per heavy atom. The summed E-state index contributed by atoms with van der Waals surface area (Å²) >= 11 is 0. The molecular formula is C14H19NO3. The summed E-state index contributed by atoms with van der Waals surface area (Å²) in [5, 5.41) is 11.5. The van der Waals surface area contributed by atoms with E-state index in [0.717, 1.165) is 11.1 Å². The van der Waals surface area contributed by atoms with Gasteiger partial charge < -0.3 is 10.4 Å². The normalized spacial score (nSPS) is 11.1. The molecule has 0 saturated carbocycles. The van der Waals surface area contributed by atoms with E-state index < -0.39 is 11.5 Å². The number of hydrogen-bond donors (Lipinski definition) is 2. The molecule has 0 fully saturated rings. The number of amides is 1. The number of carboxylic acids is 1. The van der Waals surface area contributed by atoms with E-state index >= 15 is 0 Å². The quantitative estimate of drug-likeness (QED) is 0.860. The van der Waals surface area contributed by atoms with Gasteiger partial charge in [0.15, 0.2) is 0 Å². The number of rotatable bonds is 4. The molecule has 4 heteroatoms. The second-order valence-electron chi connectivity index (χ2n) is 5.16. The third-order valence-corrected chi connectivity index (χ3v) is 2.89. The zero-order valence-corrected chi connectivity index (χ0v) is 11.2. The molecule has 18 heavy (non-hydrogen) atoms. The Morgan fingerprint density at radius 3 is 2.44 bits per heavy atom. The van der Waals surface area contributed by atoms with Crippen LogP contribution in [0.3, 0.4) is 0 Å². The highest BCUT2D eigenvalue weighted by Gasteiger charge is 2.25. The van der Waals surface area contributed by atoms with E-state index in [4.69, 9.17) is 5.11 Å². The van der Waals surface area contributed by atoms with E-state index in [2.05, 4.69) is 5.32 Å². The Balaban J connectivity index is 2.89. The lowest BCUT2D eigenvalue weighted by Gasteiger charge is -2.24. The van der Waals surface area contributed by atoms with Crippen LogP contribution in [0.1, 0.15) is 41.8 Å². The van der Waals surface area contributed by atoms with Crippen LogP contribution in [-0.4, -0.2) is 22.5 Å². The van der Waals surface area contributed by atoms with Gasteiger partial charge in [-0.3, -0.25) is 9.59 Å². The number of carboxylic acid groups (broad SMARTS) is 1. The van der Waals surface area contributed by atoms with Crippen molar-refractivity contribution in [1.29, 1.82) is 0 Å². The molecular weight excluding hydrogens is 230 g/mol. The first kappa shape index (κ1) is 14.2. The maximum absolute atomic E-state index is 12.1. The minimum Gasteiger partial charge on any atom is -0.481 e. The maximum Gasteiger partial charge on any atom is 0.305 e. The Bertz CT molecular complexity index is 478. The monoisotopic (exact) mass is 249 g/mol. The standard InChI is InChI=1S/C14H19NO3/c1-9-6-5-7-11(10(9)2)13(18)15-14(3,4)8-12(16)17/h5-7H,8H2,1-4H3,(H,15,18)(H,16,17). The van der Waals surface area contributed by atoms with Crippen molar-refractivity contribution in [2.45, 2.75) is 39.7 Å². The summed E-state index contributed by atoms with van der Waals surface area (Å²) in [6, 6.07) is 5.50. The van der Waals surface area contributed by atoms with Crippen LogP contribution in [0.4, 0.5) is 0 Å². The van der Waals surface area contributed by atoms with Crippen molar-refractivity contribution in [1.82, 2.24) is 5.32 Å². The van der Waals surface area contributed by atoms with Gasteiger partial charge in [-0.1, -0.05) is 12.1 Å². The van der Waals surface area contributed by atoms with Crippen LogP contribution in [-0.2, 0) is 4.79 Å². The van der Waals surface area contributed by atoms with Gasteiger partial charge in [0.2, 0.25) is 0 Å². The molecule has 0 heterocycles. The molecule has 0 aliphatic rings. The van der Waals surface area contributed by atoms with Crippen LogP contribution in [0, 0.1) is 13.8 Å². The van der Waals surface area contributed by atoms with Crippen molar-refractivity contribution in [3.63, 3.8) is 0 Å². The minimum absolute atomic E-state index is 0.108. The molecule has 1 rings (SSSR count). The van der Waals surface area contributed by atoms with E-state index in [1.807, 2.05) is 26.0 Å². The highest BCUT2D eigenvalue weighted by molar-refractivity contribution is 5.96. The minimum atomic E-state index is -0.929. The van der Waals surface area contributed by atoms with Crippen molar-refractivity contribution in [2.75, 3.05) is 0 Å². The second kappa shape index (κ2) is 5.21. The topological polar surface area (TPSA) is 66.4 Å². The van der Waals surface area contributed by atoms with Crippen molar-refractivity contribution in [2.24, 2.45) is 0 Å². The first-order valence-corrected chi connectivity index (χ1v) is 5.83. The molecule has 98 valence electrons. The van der Waals surface area contributed by atoms with Crippen molar-refractivity contribution >= 4 is 11.9 Å². The van der Waals surface area contributed by atoms with E-state index in [1.54, 1.807) is 19.9 Å². The second-order valence-corrected chi connectivity index (χ2v) is 5.16. The number of aryl methyl sites for hydroxylation is 1. The Kier molecular flexibility index (Phi) is 4.11. The third kappa shape index (κ3) is 3.58. The summed E-state index contributed by atoms with van der Waals surface area (Å²) in [7, 11) is 0. The van der Waals surface area contributed by atoms with E-state index in [0.29, 0.717) is 5.56 Å². The predicted octanol–water partition coefficient (Wildman–Crippen LogP) is 2.29. The van der Waals surface area contributed by atoms with E-state index in [-0.39, 0.29) is 12.3 Å². The van der Waals surface area contributed by atoms with Gasteiger partial charge in [0.05, 0.1) is 6.42 Å². The molecule has 1 amide bonds. The average Bonchev–Trinajstić information content (AvgIpc) is 2.18. The zero-order valence-electron chi connectivity index (χ0n) is 11.2. The summed E-state index contributed by atoms with van der Waals surface area (Å²) in [5.74, 6) is -1.16. The Morgan fingerprint density at radius 1 is 1.28 bits per heavy atom. The highest BCUT2D eigenvalue weighted by Crippen LogP contribution is 2.15. The summed E-state index contributed by atoms with van der Waals surface area (Å²) in [6.45, 7) is 7.22. The molecule has 1 aromatic rings. The number of hydrogen-bond acceptors (Lipinski definition) is 2. The van der Waals surface area contributed by atoms with Crippen molar-refractivity contribution in [3.8, 4) is 0 Å². The molecule has 4 nitrogen and oxygen atoms in total. The molecule has 0 aliphatic heterocycles. The molecule has 0 spiro atoms. The lowest BCUT2D eigenvalue weighted by molar-refractivity contribution is -0.138. The largest absolute Gasteiger partial charge is 0.481 e. The lowest BCUT2D eigenvalue weighted by atomic mass is 9.98. The summed E-state index contributed by atoms with van der Waals surface area (Å²) in [6.07, 6.45) is -0.108. The first-order chi connectivity index (χ1) is 8.23. The fourth-order valence-electron chi connectivity index (χ4n) is 1.79. The molecule has 0 bridgehead atoms. The van der Waals surface area contributed by atoms with Crippen LogP contribution >= 0.6 is 0 Å². The van der Waals surface area contributed by atoms with Crippen molar-refractivity contribution in [3.05, 3.63) is 34.9 Å². The molecule has 0 saturated heterocycles. The number of nitrogens with one attached hydrogen (secondary N) is 1. The first-order valence-electron chi connectivity index (χ1n) is 5.83. The van der Waals surface area contributed by atoms with Gasteiger partial charge in [-0.25, -0.2) is 0 Å². The number of aliphatic carboxylic acids is 1. The summed E-state index contributed by atoms with van der Waals surface area (Å²) < 4.78 is 0. The number of benzene rings is 1. The van der Waals surface area contributed by atoms with Gasteiger partial charge in [-0.15, -0.1) is 0 Å². The fourth-order valence-corrected chi connectivity index (χ4v) is 1.79. The van der Waals surface area contributed by atoms with Crippen LogP contribution in [0.5, 0.6) is 0 Å². The van der Waals surface area contributed by atoms with Crippen LogP contribution in [0.25, 0.3) is 0 Å². The SMILES string of the molecule is Cc1cccc(C(=O)NC(C)(C)CC(=O)O)c1C. The fraction of sp³-hybridized carbons (Fsp3) is 0.429. The van der Waals surface area contributed by atoms with E-state index in [9.17, 15) is 9.59 Å². The zero-order chi connectivity index (χ0) is 13.9. The Labute approximate surface area is 107 Å². The van der Waals surface area contributed by atoms with Crippen LogP contribution < -0.4 is 5.32 Å². The smallest absolute Gasteiger partial charge is 0.305 e. The van der Waals surface area contributed by atoms with Gasteiger partial charge in [-0.2, -0.15) is 0 Å². The molecule has 1 aromatic carbocycles. The van der Waals surface area contributed by atoms with Gasteiger partial charge >= 0.3 is 5.97 Å². The van der Waals surface area contributed by atoms with Gasteiger partial charge in [-0.05, 0) is 44.9 Å². The van der Waals surface area contributed by atoms with Gasteiger partial charge in [0.25, 0.3) is 5.91 Å². The Hall–Kier alpha value is -1.84. The third-order valence-electron chi connectivity index (χ3n) is 2.89. The van der Waals surface area contributed by atoms with Gasteiger partial charge in [0.1, 0.15) is 0 Å². The lowest BCUT2D eigenvalue weighted by Crippen LogP contribution is -2.45. The van der Waals surface area contributed by atoms with Crippen LogP contribution in [0.2, 0.25) is 0 Å². The van der Waals surface area contributed by atoms with Crippen LogP contribution in [0.15, 0.2) is 18.2 Å². The highest BCUT2D eigenvalue weighted by atomic mass is 16.4. The molecule has 0 aromatic heterocycles. The molecule has 2 N–H and O–H groups in total. The summed E-state index contributed by atoms with van der Waals surface area (Å²) in [5.41, 5.74) is 1.78. The molecule has 0 unspecified atom stereocenters. The maximum atomic E-state index is 12.1.